The molecule has 2 aromatic rings. The van der Waals surface area contributed by atoms with Gasteiger partial charge in [-0.2, -0.15) is 13.2 Å². The minimum Gasteiger partial charge on any atom is -0.434 e. The van der Waals surface area contributed by atoms with Crippen LogP contribution in [0.15, 0.2) is 21.3 Å². The lowest BCUT2D eigenvalue weighted by atomic mass is 10.2. The van der Waals surface area contributed by atoms with Gasteiger partial charge in [0.25, 0.3) is 5.91 Å². The number of carbonyl (C=O) groups is 2. The zero-order chi connectivity index (χ0) is 18.5. The highest BCUT2D eigenvalue weighted by molar-refractivity contribution is 5.96. The van der Waals surface area contributed by atoms with Crippen molar-refractivity contribution in [2.45, 2.75) is 18.8 Å². The van der Waals surface area contributed by atoms with E-state index in [1.165, 1.54) is 0 Å². The van der Waals surface area contributed by atoms with Crippen LogP contribution in [0, 0.1) is 5.82 Å². The Labute approximate surface area is 135 Å². The van der Waals surface area contributed by atoms with Gasteiger partial charge in [0.2, 0.25) is 0 Å². The maximum absolute atomic E-state index is 14.3. The SMILES string of the molecule is NC(=O)C1CN(c2cc(F)c3c(c2)oc(=O)n3CC(F)(F)F)C(=O)O1. The molecule has 0 radical (unpaired) electrons. The summed E-state index contributed by atoms with van der Waals surface area (Å²) >= 11 is 0. The first kappa shape index (κ1) is 16.8. The molecule has 8 nitrogen and oxygen atoms in total. The number of rotatable bonds is 3. The van der Waals surface area contributed by atoms with E-state index in [0.717, 1.165) is 17.0 Å². The first-order valence-electron chi connectivity index (χ1n) is 6.74. The second-order valence-electron chi connectivity index (χ2n) is 5.23. The lowest BCUT2D eigenvalue weighted by molar-refractivity contribution is -0.140. The Kier molecular flexibility index (Phi) is 3.69. The molecule has 2 N–H and O–H groups in total. The first-order chi connectivity index (χ1) is 11.6. The number of amides is 2. The summed E-state index contributed by atoms with van der Waals surface area (Å²) in [5.41, 5.74) is 3.68. The van der Waals surface area contributed by atoms with Crippen LogP contribution >= 0.6 is 0 Å². The van der Waals surface area contributed by atoms with Crippen molar-refractivity contribution in [1.82, 2.24) is 4.57 Å². The molecule has 1 aliphatic rings. The Morgan fingerprint density at radius 1 is 1.32 bits per heavy atom. The van der Waals surface area contributed by atoms with Crippen LogP contribution in [0.1, 0.15) is 0 Å². The van der Waals surface area contributed by atoms with Crippen molar-refractivity contribution >= 4 is 28.8 Å². The number of ether oxygens (including phenoxy) is 1. The number of hydrogen-bond acceptors (Lipinski definition) is 5. The minimum absolute atomic E-state index is 0.100. The van der Waals surface area contributed by atoms with Gasteiger partial charge in [-0.25, -0.2) is 14.0 Å². The monoisotopic (exact) mass is 363 g/mol. The molecule has 1 aliphatic heterocycles. The first-order valence-corrected chi connectivity index (χ1v) is 6.74. The van der Waals surface area contributed by atoms with Crippen molar-refractivity contribution in [1.29, 1.82) is 0 Å². The van der Waals surface area contributed by atoms with Gasteiger partial charge in [0.15, 0.2) is 17.5 Å². The summed E-state index contributed by atoms with van der Waals surface area (Å²) in [5, 5.41) is 0. The number of alkyl halides is 3. The highest BCUT2D eigenvalue weighted by Gasteiger charge is 2.37. The third-order valence-electron chi connectivity index (χ3n) is 3.48. The van der Waals surface area contributed by atoms with E-state index >= 15 is 0 Å². The Morgan fingerprint density at radius 3 is 2.56 bits per heavy atom. The molecule has 134 valence electrons. The van der Waals surface area contributed by atoms with Crippen LogP contribution in [-0.4, -0.2) is 35.4 Å². The summed E-state index contributed by atoms with van der Waals surface area (Å²) in [6, 6.07) is 1.73. The van der Waals surface area contributed by atoms with Crippen LogP contribution in [-0.2, 0) is 16.1 Å². The summed E-state index contributed by atoms with van der Waals surface area (Å²) in [7, 11) is 0. The molecule has 0 spiro atoms. The van der Waals surface area contributed by atoms with Crippen molar-refractivity contribution < 1.29 is 36.3 Å². The fourth-order valence-corrected chi connectivity index (χ4v) is 2.44. The van der Waals surface area contributed by atoms with Gasteiger partial charge in [0, 0.05) is 12.1 Å². The largest absolute Gasteiger partial charge is 0.434 e. The standard InChI is InChI=1S/C13H9F4N3O5/c14-6-1-5(19-3-8(10(18)21)25-11(19)22)2-7-9(6)20(12(23)24-7)4-13(15,16)17/h1-2,8H,3-4H2,(H2,18,21). The zero-order valence-electron chi connectivity index (χ0n) is 12.2. The molecule has 2 heterocycles. The van der Waals surface area contributed by atoms with Gasteiger partial charge in [-0.1, -0.05) is 0 Å². The third-order valence-corrected chi connectivity index (χ3v) is 3.48. The van der Waals surface area contributed by atoms with Crippen LogP contribution in [0.2, 0.25) is 0 Å². The molecule has 1 aromatic heterocycles. The van der Waals surface area contributed by atoms with E-state index in [4.69, 9.17) is 5.73 Å². The number of aromatic nitrogens is 1. The number of benzene rings is 1. The van der Waals surface area contributed by atoms with Crippen LogP contribution in [0.4, 0.5) is 28.0 Å². The summed E-state index contributed by atoms with van der Waals surface area (Å²) in [4.78, 5) is 35.2. The van der Waals surface area contributed by atoms with Gasteiger partial charge in [-0.3, -0.25) is 14.3 Å². The van der Waals surface area contributed by atoms with E-state index in [0.29, 0.717) is 0 Å². The molecule has 25 heavy (non-hydrogen) atoms. The summed E-state index contributed by atoms with van der Waals surface area (Å²) in [6.07, 6.45) is -7.02. The van der Waals surface area contributed by atoms with Gasteiger partial charge >= 0.3 is 18.0 Å². The highest BCUT2D eigenvalue weighted by Crippen LogP contribution is 2.29. The van der Waals surface area contributed by atoms with Crippen molar-refractivity contribution in [3.05, 3.63) is 28.5 Å². The molecular weight excluding hydrogens is 354 g/mol. The van der Waals surface area contributed by atoms with Crippen molar-refractivity contribution in [3.63, 3.8) is 0 Å². The molecule has 1 fully saturated rings. The Bertz CT molecular complexity index is 932. The van der Waals surface area contributed by atoms with Crippen molar-refractivity contribution in [2.24, 2.45) is 5.73 Å². The van der Waals surface area contributed by atoms with Gasteiger partial charge < -0.3 is 14.9 Å². The summed E-state index contributed by atoms with van der Waals surface area (Å²) < 4.78 is 61.2. The van der Waals surface area contributed by atoms with Crippen LogP contribution in [0.3, 0.4) is 0 Å². The van der Waals surface area contributed by atoms with Crippen molar-refractivity contribution in [2.75, 3.05) is 11.4 Å². The predicted molar refractivity (Wildman–Crippen MR) is 73.3 cm³/mol. The zero-order valence-corrected chi connectivity index (χ0v) is 12.2. The Morgan fingerprint density at radius 2 is 2.00 bits per heavy atom. The lowest BCUT2D eigenvalue weighted by Gasteiger charge is -2.13. The maximum atomic E-state index is 14.3. The number of anilines is 1. The van der Waals surface area contributed by atoms with Gasteiger partial charge in [0.1, 0.15) is 12.1 Å². The van der Waals surface area contributed by atoms with E-state index < -0.39 is 53.5 Å². The Hall–Kier alpha value is -3.05. The lowest BCUT2D eigenvalue weighted by Crippen LogP contribution is -2.32. The molecule has 3 rings (SSSR count). The topological polar surface area (TPSA) is 108 Å². The molecule has 1 saturated heterocycles. The maximum Gasteiger partial charge on any atom is 0.420 e. The van der Waals surface area contributed by atoms with E-state index in [1.807, 2.05) is 0 Å². The van der Waals surface area contributed by atoms with Gasteiger partial charge in [0.05, 0.1) is 12.2 Å². The van der Waals surface area contributed by atoms with Gasteiger partial charge in [-0.15, -0.1) is 0 Å². The van der Waals surface area contributed by atoms with Gasteiger partial charge in [-0.05, 0) is 0 Å². The molecule has 0 saturated carbocycles. The highest BCUT2D eigenvalue weighted by atomic mass is 19.4. The molecule has 0 bridgehead atoms. The number of fused-ring (bicyclic) bond motifs is 1. The smallest absolute Gasteiger partial charge is 0.420 e. The number of hydrogen-bond donors (Lipinski definition) is 1. The second-order valence-corrected chi connectivity index (χ2v) is 5.23. The molecular formula is C13H9F4N3O5. The third kappa shape index (κ3) is 3.02. The second kappa shape index (κ2) is 5.50. The molecule has 1 aromatic carbocycles. The fraction of sp³-hybridized carbons (Fsp3) is 0.308. The van der Waals surface area contributed by atoms with Crippen LogP contribution in [0.5, 0.6) is 0 Å². The number of primary amides is 1. The van der Waals surface area contributed by atoms with E-state index in [-0.39, 0.29) is 16.8 Å². The molecule has 12 heteroatoms. The average Bonchev–Trinajstić information content (AvgIpc) is 2.99. The summed E-state index contributed by atoms with van der Waals surface area (Å²) in [6.45, 7) is -2.04. The Balaban J connectivity index is 2.05. The average molecular weight is 363 g/mol. The quantitative estimate of drug-likeness (QED) is 0.822. The van der Waals surface area contributed by atoms with E-state index in [9.17, 15) is 31.9 Å². The van der Waals surface area contributed by atoms with Crippen molar-refractivity contribution in [3.8, 4) is 0 Å². The van der Waals surface area contributed by atoms with Crippen LogP contribution < -0.4 is 16.4 Å². The van der Waals surface area contributed by atoms with Crippen LogP contribution in [0.25, 0.3) is 11.1 Å². The number of carbonyl (C=O) groups excluding carboxylic acids is 2. The molecule has 1 unspecified atom stereocenters. The number of nitrogens with zero attached hydrogens (tertiary/aromatic N) is 2. The fourth-order valence-electron chi connectivity index (χ4n) is 2.44. The molecule has 2 amide bonds. The summed E-state index contributed by atoms with van der Waals surface area (Å²) in [5.74, 6) is -3.53. The molecule has 0 aliphatic carbocycles. The minimum atomic E-state index is -4.76. The predicted octanol–water partition coefficient (Wildman–Crippen LogP) is 1.11. The van der Waals surface area contributed by atoms with E-state index in [1.54, 1.807) is 0 Å². The number of cyclic esters (lactones) is 1. The number of oxazole rings is 1. The molecule has 1 atom stereocenters. The normalized spacial score (nSPS) is 18.0. The number of halogens is 4. The number of nitrogens with two attached hydrogens (primary N) is 1. The van der Waals surface area contributed by atoms with E-state index in [2.05, 4.69) is 9.15 Å².